The fourth-order valence-corrected chi connectivity index (χ4v) is 4.18. The van der Waals surface area contributed by atoms with Gasteiger partial charge in [-0.05, 0) is 61.2 Å². The van der Waals surface area contributed by atoms with Crippen LogP contribution >= 0.6 is 12.2 Å². The predicted molar refractivity (Wildman–Crippen MR) is 132 cm³/mol. The number of aryl methyl sites for hydroxylation is 1. The minimum Gasteiger partial charge on any atom is -0.490 e. The number of hydrogen-bond donors (Lipinski definition) is 0. The fourth-order valence-electron chi connectivity index (χ4n) is 3.90. The largest absolute Gasteiger partial charge is 0.490 e. The minimum absolute atomic E-state index is 0.432. The highest BCUT2D eigenvalue weighted by Crippen LogP contribution is 2.30. The highest BCUT2D eigenvalue weighted by Gasteiger charge is 2.20. The SMILES string of the molecule is CCOc1cc(C(=S)N2CCc3ccccc3C2)ccc1OCCOc1ccccc1C. The van der Waals surface area contributed by atoms with Gasteiger partial charge < -0.3 is 19.1 Å². The van der Waals surface area contributed by atoms with Crippen molar-refractivity contribution >= 4 is 17.2 Å². The molecule has 0 N–H and O–H groups in total. The van der Waals surface area contributed by atoms with Crippen molar-refractivity contribution in [1.29, 1.82) is 0 Å². The fraction of sp³-hybridized carbons (Fsp3) is 0.296. The third kappa shape index (κ3) is 5.22. The Hall–Kier alpha value is -3.05. The van der Waals surface area contributed by atoms with Crippen LogP contribution in [0.5, 0.6) is 17.2 Å². The quantitative estimate of drug-likeness (QED) is 0.332. The van der Waals surface area contributed by atoms with Gasteiger partial charge in [0.15, 0.2) is 11.5 Å². The Morgan fingerprint density at radius 1 is 0.844 bits per heavy atom. The van der Waals surface area contributed by atoms with E-state index in [1.54, 1.807) is 0 Å². The van der Waals surface area contributed by atoms with E-state index in [1.165, 1.54) is 11.1 Å². The minimum atomic E-state index is 0.432. The van der Waals surface area contributed by atoms with Crippen LogP contribution in [-0.2, 0) is 13.0 Å². The first kappa shape index (κ1) is 22.2. The van der Waals surface area contributed by atoms with Gasteiger partial charge in [0.1, 0.15) is 24.0 Å². The monoisotopic (exact) mass is 447 g/mol. The molecule has 5 heteroatoms. The van der Waals surface area contributed by atoms with Crippen LogP contribution in [0.2, 0.25) is 0 Å². The maximum absolute atomic E-state index is 5.97. The number of thiocarbonyl (C=S) groups is 1. The lowest BCUT2D eigenvalue weighted by Gasteiger charge is -2.31. The summed E-state index contributed by atoms with van der Waals surface area (Å²) in [5.74, 6) is 2.29. The zero-order chi connectivity index (χ0) is 22.3. The van der Waals surface area contributed by atoms with E-state index in [9.17, 15) is 0 Å². The van der Waals surface area contributed by atoms with Crippen LogP contribution in [0.1, 0.15) is 29.2 Å². The first-order chi connectivity index (χ1) is 15.7. The Morgan fingerprint density at radius 3 is 2.34 bits per heavy atom. The summed E-state index contributed by atoms with van der Waals surface area (Å²) in [5.41, 5.74) is 4.85. The molecule has 1 aliphatic heterocycles. The molecule has 3 aromatic rings. The van der Waals surface area contributed by atoms with E-state index in [2.05, 4.69) is 29.2 Å². The number of ether oxygens (including phenoxy) is 3. The molecule has 0 aromatic heterocycles. The summed E-state index contributed by atoms with van der Waals surface area (Å²) in [5, 5.41) is 0. The zero-order valence-electron chi connectivity index (χ0n) is 18.7. The van der Waals surface area contributed by atoms with E-state index in [0.29, 0.717) is 31.3 Å². The molecule has 32 heavy (non-hydrogen) atoms. The number of fused-ring (bicyclic) bond motifs is 1. The molecule has 0 atom stereocenters. The van der Waals surface area contributed by atoms with Crippen LogP contribution in [0.3, 0.4) is 0 Å². The van der Waals surface area contributed by atoms with Gasteiger partial charge in [-0.2, -0.15) is 0 Å². The maximum atomic E-state index is 5.97. The van der Waals surface area contributed by atoms with Crippen molar-refractivity contribution < 1.29 is 14.2 Å². The van der Waals surface area contributed by atoms with Crippen molar-refractivity contribution in [2.24, 2.45) is 0 Å². The van der Waals surface area contributed by atoms with Crippen molar-refractivity contribution in [3.05, 3.63) is 89.0 Å². The molecule has 0 aliphatic carbocycles. The van der Waals surface area contributed by atoms with Gasteiger partial charge in [-0.1, -0.05) is 54.7 Å². The lowest BCUT2D eigenvalue weighted by molar-refractivity contribution is 0.207. The van der Waals surface area contributed by atoms with Gasteiger partial charge in [0.2, 0.25) is 0 Å². The summed E-state index contributed by atoms with van der Waals surface area (Å²) in [6.45, 7) is 7.22. The Bertz CT molecular complexity index is 1080. The van der Waals surface area contributed by atoms with Crippen molar-refractivity contribution in [2.45, 2.75) is 26.8 Å². The van der Waals surface area contributed by atoms with Crippen molar-refractivity contribution in [1.82, 2.24) is 4.90 Å². The van der Waals surface area contributed by atoms with E-state index >= 15 is 0 Å². The van der Waals surface area contributed by atoms with Crippen LogP contribution < -0.4 is 14.2 Å². The van der Waals surface area contributed by atoms with Crippen LogP contribution in [0.4, 0.5) is 0 Å². The van der Waals surface area contributed by atoms with Gasteiger partial charge in [0, 0.05) is 18.7 Å². The third-order valence-electron chi connectivity index (χ3n) is 5.60. The summed E-state index contributed by atoms with van der Waals surface area (Å²) >= 11 is 5.84. The highest BCUT2D eigenvalue weighted by atomic mass is 32.1. The molecule has 166 valence electrons. The second-order valence-electron chi connectivity index (χ2n) is 7.80. The average molecular weight is 448 g/mol. The topological polar surface area (TPSA) is 30.9 Å². The summed E-state index contributed by atoms with van der Waals surface area (Å²) < 4.78 is 17.7. The Balaban J connectivity index is 1.40. The summed E-state index contributed by atoms with van der Waals surface area (Å²) in [4.78, 5) is 3.11. The van der Waals surface area contributed by atoms with Gasteiger partial charge in [-0.3, -0.25) is 0 Å². The van der Waals surface area contributed by atoms with Crippen molar-refractivity contribution in [3.63, 3.8) is 0 Å². The maximum Gasteiger partial charge on any atom is 0.161 e. The molecule has 4 nitrogen and oxygen atoms in total. The van der Waals surface area contributed by atoms with Crippen LogP contribution in [0.25, 0.3) is 0 Å². The van der Waals surface area contributed by atoms with Gasteiger partial charge >= 0.3 is 0 Å². The summed E-state index contributed by atoms with van der Waals surface area (Å²) in [7, 11) is 0. The second-order valence-corrected chi connectivity index (χ2v) is 8.19. The molecule has 0 spiro atoms. The Labute approximate surface area is 195 Å². The second kappa shape index (κ2) is 10.5. The number of para-hydroxylation sites is 1. The van der Waals surface area contributed by atoms with Gasteiger partial charge in [-0.15, -0.1) is 0 Å². The molecule has 0 fully saturated rings. The van der Waals surface area contributed by atoms with E-state index < -0.39 is 0 Å². The van der Waals surface area contributed by atoms with Gasteiger partial charge in [-0.25, -0.2) is 0 Å². The molecule has 0 bridgehead atoms. The van der Waals surface area contributed by atoms with E-state index in [4.69, 9.17) is 26.4 Å². The average Bonchev–Trinajstić information content (AvgIpc) is 2.83. The Morgan fingerprint density at radius 2 is 1.56 bits per heavy atom. The highest BCUT2D eigenvalue weighted by molar-refractivity contribution is 7.80. The molecule has 3 aromatic carbocycles. The zero-order valence-corrected chi connectivity index (χ0v) is 19.5. The number of hydrogen-bond acceptors (Lipinski definition) is 4. The molecular weight excluding hydrogens is 418 g/mol. The molecule has 1 aliphatic rings. The van der Waals surface area contributed by atoms with Crippen molar-refractivity contribution in [3.8, 4) is 17.2 Å². The molecule has 1 heterocycles. The smallest absolute Gasteiger partial charge is 0.161 e. The summed E-state index contributed by atoms with van der Waals surface area (Å²) in [6.07, 6.45) is 1.01. The first-order valence-corrected chi connectivity index (χ1v) is 11.5. The molecule has 0 radical (unpaired) electrons. The lowest BCUT2D eigenvalue weighted by Crippen LogP contribution is -2.35. The van der Waals surface area contributed by atoms with Crippen LogP contribution in [-0.4, -0.2) is 36.3 Å². The lowest BCUT2D eigenvalue weighted by atomic mass is 9.99. The molecule has 4 rings (SSSR count). The van der Waals surface area contributed by atoms with E-state index in [0.717, 1.165) is 41.4 Å². The van der Waals surface area contributed by atoms with Crippen LogP contribution in [0, 0.1) is 6.92 Å². The molecular formula is C27H29NO3S. The number of nitrogens with zero attached hydrogens (tertiary/aromatic N) is 1. The standard InChI is InChI=1S/C27H29NO3S/c1-3-29-26-18-22(27(32)28-15-14-21-9-5-6-10-23(21)19-28)12-13-25(26)31-17-16-30-24-11-7-4-8-20(24)2/h4-13,18H,3,14-17,19H2,1-2H3. The Kier molecular flexibility index (Phi) is 7.28. The predicted octanol–water partition coefficient (Wildman–Crippen LogP) is 5.59. The molecule has 0 amide bonds. The van der Waals surface area contributed by atoms with Gasteiger partial charge in [0.05, 0.1) is 6.61 Å². The molecule has 0 saturated heterocycles. The first-order valence-electron chi connectivity index (χ1n) is 11.1. The molecule has 0 unspecified atom stereocenters. The number of rotatable bonds is 8. The molecule has 0 saturated carbocycles. The summed E-state index contributed by atoms with van der Waals surface area (Å²) in [6, 6.07) is 22.5. The van der Waals surface area contributed by atoms with Gasteiger partial charge in [0.25, 0.3) is 0 Å². The van der Waals surface area contributed by atoms with Crippen molar-refractivity contribution in [2.75, 3.05) is 26.4 Å². The van der Waals surface area contributed by atoms with Crippen LogP contribution in [0.15, 0.2) is 66.7 Å². The normalized spacial score (nSPS) is 12.8. The van der Waals surface area contributed by atoms with E-state index in [-0.39, 0.29) is 0 Å². The van der Waals surface area contributed by atoms with E-state index in [1.807, 2.05) is 56.3 Å². The third-order valence-corrected chi connectivity index (χ3v) is 6.09. The number of benzene rings is 3.